The van der Waals surface area contributed by atoms with Crippen molar-refractivity contribution in [1.29, 1.82) is 0 Å². The van der Waals surface area contributed by atoms with Crippen molar-refractivity contribution in [1.82, 2.24) is 5.48 Å². The first-order chi connectivity index (χ1) is 15.9. The van der Waals surface area contributed by atoms with Crippen molar-refractivity contribution in [3.63, 3.8) is 0 Å². The molecule has 2 rings (SSSR count). The van der Waals surface area contributed by atoms with Gasteiger partial charge >= 0.3 is 0 Å². The van der Waals surface area contributed by atoms with Crippen LogP contribution in [0.4, 0.5) is 11.4 Å². The maximum Gasteiger partial charge on any atom is 0.243 e. The van der Waals surface area contributed by atoms with Gasteiger partial charge in [0.2, 0.25) is 17.7 Å². The Labute approximate surface area is 192 Å². The largest absolute Gasteiger partial charge is 0.326 e. The molecule has 0 unspecified atom stereocenters. The Kier molecular flexibility index (Phi) is 10.3. The van der Waals surface area contributed by atoms with E-state index in [4.69, 9.17) is 11.6 Å². The standard InChI is InChI=1S/C25H27N3O5/c1-2-3-4-7-22(29)26-20-14-10-18(11-15-20)25(32)19-12-16-21(17-13-19)27-23(30)8-5-6-9-24(31)28-33/h1,10-17,33H,3-9H2,(H,26,29)(H,27,30)(H,28,31). The highest BCUT2D eigenvalue weighted by atomic mass is 16.5. The van der Waals surface area contributed by atoms with Crippen molar-refractivity contribution in [2.75, 3.05) is 10.6 Å². The molecule has 0 spiro atoms. The summed E-state index contributed by atoms with van der Waals surface area (Å²) in [6.07, 6.45) is 8.08. The second kappa shape index (κ2) is 13.5. The summed E-state index contributed by atoms with van der Waals surface area (Å²) in [7, 11) is 0. The molecule has 0 aliphatic rings. The zero-order valence-corrected chi connectivity index (χ0v) is 18.2. The van der Waals surface area contributed by atoms with Crippen LogP contribution < -0.4 is 16.1 Å². The van der Waals surface area contributed by atoms with Gasteiger partial charge in [0, 0.05) is 48.2 Å². The number of benzene rings is 2. The van der Waals surface area contributed by atoms with Crippen LogP contribution in [0.5, 0.6) is 0 Å². The minimum Gasteiger partial charge on any atom is -0.326 e. The van der Waals surface area contributed by atoms with Crippen LogP contribution in [0.1, 0.15) is 60.9 Å². The minimum absolute atomic E-state index is 0.127. The van der Waals surface area contributed by atoms with E-state index in [0.717, 1.165) is 0 Å². The third-order valence-electron chi connectivity index (χ3n) is 4.77. The number of ketones is 1. The first-order valence-corrected chi connectivity index (χ1v) is 10.6. The molecule has 2 aromatic rings. The Balaban J connectivity index is 1.84. The number of nitrogens with one attached hydrogen (secondary N) is 3. The Hall–Kier alpha value is -3.96. The van der Waals surface area contributed by atoms with Gasteiger partial charge in [-0.15, -0.1) is 12.3 Å². The van der Waals surface area contributed by atoms with Gasteiger partial charge in [-0.2, -0.15) is 0 Å². The molecule has 3 amide bonds. The Bertz CT molecular complexity index is 1010. The van der Waals surface area contributed by atoms with Crippen molar-refractivity contribution in [2.24, 2.45) is 0 Å². The third-order valence-corrected chi connectivity index (χ3v) is 4.77. The number of terminal acetylenes is 1. The maximum absolute atomic E-state index is 12.7. The van der Waals surface area contributed by atoms with Crippen molar-refractivity contribution >= 4 is 34.9 Å². The molecule has 0 aromatic heterocycles. The van der Waals surface area contributed by atoms with Crippen molar-refractivity contribution < 1.29 is 24.4 Å². The SMILES string of the molecule is C#CCCCC(=O)Nc1ccc(C(=O)c2ccc(NC(=O)CCCCC(=O)NO)cc2)cc1. The summed E-state index contributed by atoms with van der Waals surface area (Å²) in [5, 5.41) is 13.9. The first-order valence-electron chi connectivity index (χ1n) is 10.6. The number of carbonyl (C=O) groups excluding carboxylic acids is 4. The van der Waals surface area contributed by atoms with E-state index in [1.165, 1.54) is 0 Å². The van der Waals surface area contributed by atoms with E-state index in [2.05, 4.69) is 16.6 Å². The molecule has 0 atom stereocenters. The van der Waals surface area contributed by atoms with Crippen LogP contribution in [0.25, 0.3) is 0 Å². The Morgan fingerprint density at radius 2 is 1.12 bits per heavy atom. The van der Waals surface area contributed by atoms with Crippen LogP contribution in [-0.2, 0) is 14.4 Å². The molecular weight excluding hydrogens is 422 g/mol. The van der Waals surface area contributed by atoms with Crippen LogP contribution >= 0.6 is 0 Å². The van der Waals surface area contributed by atoms with E-state index in [0.29, 0.717) is 54.6 Å². The molecular formula is C25H27N3O5. The molecule has 172 valence electrons. The zero-order valence-electron chi connectivity index (χ0n) is 18.2. The maximum atomic E-state index is 12.7. The van der Waals surface area contributed by atoms with Gasteiger partial charge in [-0.3, -0.25) is 24.4 Å². The van der Waals surface area contributed by atoms with Gasteiger partial charge in [0.25, 0.3) is 0 Å². The number of hydrogen-bond donors (Lipinski definition) is 4. The molecule has 8 heteroatoms. The highest BCUT2D eigenvalue weighted by Crippen LogP contribution is 2.17. The molecule has 0 saturated heterocycles. The molecule has 0 fully saturated rings. The lowest BCUT2D eigenvalue weighted by Gasteiger charge is -2.08. The van der Waals surface area contributed by atoms with Crippen molar-refractivity contribution in [3.05, 3.63) is 59.7 Å². The Morgan fingerprint density at radius 3 is 1.55 bits per heavy atom. The topological polar surface area (TPSA) is 125 Å². The van der Waals surface area contributed by atoms with Crippen LogP contribution in [-0.4, -0.2) is 28.7 Å². The van der Waals surface area contributed by atoms with Crippen molar-refractivity contribution in [3.8, 4) is 12.3 Å². The van der Waals surface area contributed by atoms with E-state index in [1.807, 2.05) is 0 Å². The van der Waals surface area contributed by atoms with Crippen LogP contribution in [0.15, 0.2) is 48.5 Å². The summed E-state index contributed by atoms with van der Waals surface area (Å²) in [4.78, 5) is 47.5. The van der Waals surface area contributed by atoms with E-state index in [-0.39, 0.29) is 30.4 Å². The average Bonchev–Trinajstić information content (AvgIpc) is 2.82. The van der Waals surface area contributed by atoms with E-state index >= 15 is 0 Å². The van der Waals surface area contributed by atoms with Gasteiger partial charge in [0.15, 0.2) is 5.78 Å². The van der Waals surface area contributed by atoms with Gasteiger partial charge in [0.05, 0.1) is 0 Å². The van der Waals surface area contributed by atoms with E-state index in [1.54, 1.807) is 54.0 Å². The number of hydrogen-bond acceptors (Lipinski definition) is 5. The number of amides is 3. The predicted molar refractivity (Wildman–Crippen MR) is 125 cm³/mol. The van der Waals surface area contributed by atoms with Gasteiger partial charge in [-0.05, 0) is 67.8 Å². The number of anilines is 2. The summed E-state index contributed by atoms with van der Waals surface area (Å²) < 4.78 is 0. The molecule has 0 aliphatic heterocycles. The number of carbonyl (C=O) groups is 4. The number of rotatable bonds is 12. The van der Waals surface area contributed by atoms with Crippen LogP contribution in [0.3, 0.4) is 0 Å². The van der Waals surface area contributed by atoms with E-state index in [9.17, 15) is 19.2 Å². The average molecular weight is 450 g/mol. The lowest BCUT2D eigenvalue weighted by Crippen LogP contribution is -2.18. The molecule has 0 bridgehead atoms. The Morgan fingerprint density at radius 1 is 0.697 bits per heavy atom. The second-order valence-corrected chi connectivity index (χ2v) is 7.38. The molecule has 0 aliphatic carbocycles. The van der Waals surface area contributed by atoms with Crippen molar-refractivity contribution in [2.45, 2.75) is 44.9 Å². The molecule has 4 N–H and O–H groups in total. The molecule has 0 saturated carbocycles. The van der Waals surface area contributed by atoms with Gasteiger partial charge in [0.1, 0.15) is 0 Å². The van der Waals surface area contributed by atoms with E-state index < -0.39 is 5.91 Å². The highest BCUT2D eigenvalue weighted by Gasteiger charge is 2.11. The van der Waals surface area contributed by atoms with Crippen LogP contribution in [0.2, 0.25) is 0 Å². The molecule has 8 nitrogen and oxygen atoms in total. The highest BCUT2D eigenvalue weighted by molar-refractivity contribution is 6.09. The third kappa shape index (κ3) is 8.97. The van der Waals surface area contributed by atoms with Gasteiger partial charge in [-0.1, -0.05) is 0 Å². The zero-order chi connectivity index (χ0) is 24.1. The minimum atomic E-state index is -0.480. The first kappa shape index (κ1) is 25.3. The second-order valence-electron chi connectivity index (χ2n) is 7.38. The number of hydroxylamine groups is 1. The van der Waals surface area contributed by atoms with Gasteiger partial charge < -0.3 is 10.6 Å². The molecule has 2 aromatic carbocycles. The summed E-state index contributed by atoms with van der Waals surface area (Å²) in [6.45, 7) is 0. The normalized spacial score (nSPS) is 10.1. The fourth-order valence-corrected chi connectivity index (χ4v) is 3.00. The molecule has 33 heavy (non-hydrogen) atoms. The summed E-state index contributed by atoms with van der Waals surface area (Å²) >= 11 is 0. The fraction of sp³-hybridized carbons (Fsp3) is 0.280. The molecule has 0 heterocycles. The fourth-order valence-electron chi connectivity index (χ4n) is 3.00. The summed E-state index contributed by atoms with van der Waals surface area (Å²) in [6, 6.07) is 13.2. The quantitative estimate of drug-likeness (QED) is 0.129. The van der Waals surface area contributed by atoms with Gasteiger partial charge in [-0.25, -0.2) is 5.48 Å². The molecule has 0 radical (unpaired) electrons. The lowest BCUT2D eigenvalue weighted by molar-refractivity contribution is -0.129. The predicted octanol–water partition coefficient (Wildman–Crippen LogP) is 3.66. The smallest absolute Gasteiger partial charge is 0.243 e. The summed E-state index contributed by atoms with van der Waals surface area (Å²) in [5.74, 6) is 1.51. The number of unbranched alkanes of at least 4 members (excludes halogenated alkanes) is 2. The summed E-state index contributed by atoms with van der Waals surface area (Å²) in [5.41, 5.74) is 3.66. The lowest BCUT2D eigenvalue weighted by atomic mass is 10.0. The monoisotopic (exact) mass is 449 g/mol. The van der Waals surface area contributed by atoms with Crippen LogP contribution in [0, 0.1) is 12.3 Å².